The van der Waals surface area contributed by atoms with Gasteiger partial charge in [0.15, 0.2) is 0 Å². The minimum absolute atomic E-state index is 0.0507. The molecule has 1 aliphatic heterocycles. The molecule has 5 rings (SSSR count). The number of allylic oxidation sites excluding steroid dienone is 2. The summed E-state index contributed by atoms with van der Waals surface area (Å²) < 4.78 is 5.36. The Kier molecular flexibility index (Phi) is 10.8. The number of amides is 2. The highest BCUT2D eigenvalue weighted by molar-refractivity contribution is 8.01. The van der Waals surface area contributed by atoms with Crippen molar-refractivity contribution in [3.05, 3.63) is 65.2 Å². The molecule has 1 aromatic heterocycles. The zero-order valence-electron chi connectivity index (χ0n) is 26.7. The molecule has 14 heteroatoms. The molecule has 6 atom stereocenters. The minimum atomic E-state index is -2.21. The molecule has 0 saturated heterocycles. The number of nitrogens with one attached hydrogen (secondary N) is 2. The molecule has 1 fully saturated rings. The largest absolute Gasteiger partial charge is 0.480 e. The fraction of sp³-hybridized carbons (Fsp3) is 0.529. The number of hydrogen-bond acceptors (Lipinski definition) is 10. The maximum absolute atomic E-state index is 13.6. The van der Waals surface area contributed by atoms with E-state index in [4.69, 9.17) is 15.6 Å². The molecule has 4 aliphatic rings. The van der Waals surface area contributed by atoms with Gasteiger partial charge in [-0.1, -0.05) is 43.6 Å². The van der Waals surface area contributed by atoms with E-state index in [0.717, 1.165) is 55.2 Å². The number of pyridine rings is 1. The first-order valence-electron chi connectivity index (χ1n) is 16.3. The van der Waals surface area contributed by atoms with Crippen molar-refractivity contribution in [3.8, 4) is 0 Å². The molecular weight excluding hydrogens is 640 g/mol. The zero-order valence-corrected chi connectivity index (χ0v) is 27.5. The number of aliphatic hydroxyl groups excluding tert-OH is 1. The molecule has 0 aromatic carbocycles. The van der Waals surface area contributed by atoms with Crippen LogP contribution in [-0.4, -0.2) is 78.8 Å². The first-order chi connectivity index (χ1) is 22.9. The van der Waals surface area contributed by atoms with Crippen LogP contribution in [0.3, 0.4) is 0 Å². The number of nitrogens with zero attached hydrogens (tertiary/aromatic N) is 1. The van der Waals surface area contributed by atoms with Crippen molar-refractivity contribution in [1.82, 2.24) is 15.6 Å². The normalized spacial score (nSPS) is 25.7. The molecule has 0 spiro atoms. The predicted octanol–water partition coefficient (Wildman–Crippen LogP) is 2.21. The van der Waals surface area contributed by atoms with E-state index >= 15 is 0 Å². The molecular formula is C34H42N4O9S. The third kappa shape index (κ3) is 7.06. The Morgan fingerprint density at radius 3 is 2.48 bits per heavy atom. The number of aliphatic carboxylic acids is 2. The van der Waals surface area contributed by atoms with Gasteiger partial charge in [0, 0.05) is 30.5 Å². The van der Waals surface area contributed by atoms with Crippen LogP contribution in [0.25, 0.3) is 0 Å². The van der Waals surface area contributed by atoms with Crippen LogP contribution < -0.4 is 16.4 Å². The average Bonchev–Trinajstić information content (AvgIpc) is 3.69. The summed E-state index contributed by atoms with van der Waals surface area (Å²) in [4.78, 5) is 66.3. The number of hydrogen-bond donors (Lipinski definition) is 6. The van der Waals surface area contributed by atoms with Crippen molar-refractivity contribution in [3.63, 3.8) is 0 Å². The Morgan fingerprint density at radius 2 is 1.83 bits per heavy atom. The van der Waals surface area contributed by atoms with E-state index in [0.29, 0.717) is 12.2 Å². The van der Waals surface area contributed by atoms with Crippen LogP contribution in [0.4, 0.5) is 0 Å². The summed E-state index contributed by atoms with van der Waals surface area (Å²) in [6.45, 7) is 2.10. The number of carboxylic acids is 2. The summed E-state index contributed by atoms with van der Waals surface area (Å²) in [6, 6.07) is 1.31. The van der Waals surface area contributed by atoms with Crippen LogP contribution in [0.1, 0.15) is 63.9 Å². The summed E-state index contributed by atoms with van der Waals surface area (Å²) in [5.41, 5.74) is 8.37. The predicted molar refractivity (Wildman–Crippen MR) is 175 cm³/mol. The van der Waals surface area contributed by atoms with E-state index in [1.165, 1.54) is 11.8 Å². The first-order valence-corrected chi connectivity index (χ1v) is 17.2. The fourth-order valence-corrected chi connectivity index (χ4v) is 9.31. The van der Waals surface area contributed by atoms with E-state index in [2.05, 4.69) is 29.4 Å². The van der Waals surface area contributed by atoms with Gasteiger partial charge in [0.1, 0.15) is 23.8 Å². The van der Waals surface area contributed by atoms with Crippen molar-refractivity contribution in [2.45, 2.75) is 87.8 Å². The zero-order chi connectivity index (χ0) is 34.6. The molecule has 48 heavy (non-hydrogen) atoms. The second kappa shape index (κ2) is 14.6. The average molecular weight is 683 g/mol. The lowest BCUT2D eigenvalue weighted by molar-refractivity contribution is -0.151. The highest BCUT2D eigenvalue weighted by Crippen LogP contribution is 2.64. The number of ether oxygens (including phenoxy) is 1. The van der Waals surface area contributed by atoms with E-state index in [-0.39, 0.29) is 35.9 Å². The molecule has 7 N–H and O–H groups in total. The van der Waals surface area contributed by atoms with Crippen molar-refractivity contribution in [2.75, 3.05) is 5.75 Å². The van der Waals surface area contributed by atoms with Crippen molar-refractivity contribution in [1.29, 1.82) is 0 Å². The molecule has 1 aromatic rings. The Bertz CT molecular complexity index is 1540. The Hall–Kier alpha value is -4.01. The van der Waals surface area contributed by atoms with Gasteiger partial charge in [0.25, 0.3) is 0 Å². The molecule has 258 valence electrons. The Morgan fingerprint density at radius 1 is 1.12 bits per heavy atom. The highest BCUT2D eigenvalue weighted by atomic mass is 32.2. The Balaban J connectivity index is 1.47. The minimum Gasteiger partial charge on any atom is -0.480 e. The third-order valence-electron chi connectivity index (χ3n) is 10.1. The van der Waals surface area contributed by atoms with E-state index in [1.807, 2.05) is 23.5 Å². The van der Waals surface area contributed by atoms with Gasteiger partial charge in [-0.05, 0) is 67.2 Å². The van der Waals surface area contributed by atoms with Gasteiger partial charge < -0.3 is 36.4 Å². The van der Waals surface area contributed by atoms with Crippen LogP contribution in [-0.2, 0) is 35.1 Å². The second-order valence-electron chi connectivity index (χ2n) is 13.0. The molecule has 0 bridgehead atoms. The maximum atomic E-state index is 13.6. The molecule has 13 nitrogen and oxygen atoms in total. The highest BCUT2D eigenvalue weighted by Gasteiger charge is 2.60. The number of thioether (sulfide) groups is 1. The number of aliphatic hydroxyl groups is 1. The summed E-state index contributed by atoms with van der Waals surface area (Å²) in [5, 5.41) is 32.8. The van der Waals surface area contributed by atoms with Gasteiger partial charge in [0.2, 0.25) is 18.0 Å². The number of esters is 1. The molecule has 3 aliphatic carbocycles. The van der Waals surface area contributed by atoms with Crippen LogP contribution in [0.5, 0.6) is 0 Å². The van der Waals surface area contributed by atoms with Crippen LogP contribution in [0.2, 0.25) is 0 Å². The van der Waals surface area contributed by atoms with Gasteiger partial charge in [-0.2, -0.15) is 0 Å². The summed E-state index contributed by atoms with van der Waals surface area (Å²) >= 11 is 1.36. The van der Waals surface area contributed by atoms with Crippen LogP contribution in [0.15, 0.2) is 59.7 Å². The van der Waals surface area contributed by atoms with Crippen molar-refractivity contribution in [2.24, 2.45) is 23.0 Å². The number of rotatable bonds is 15. The molecule has 1 saturated carbocycles. The quantitative estimate of drug-likeness (QED) is 0.0891. The van der Waals surface area contributed by atoms with Crippen molar-refractivity contribution >= 4 is 41.5 Å². The van der Waals surface area contributed by atoms with Crippen LogP contribution in [0, 0.1) is 17.3 Å². The van der Waals surface area contributed by atoms with Gasteiger partial charge in [-0.15, -0.1) is 11.8 Å². The van der Waals surface area contributed by atoms with Gasteiger partial charge in [0.05, 0.1) is 4.75 Å². The topological polar surface area (TPSA) is 218 Å². The van der Waals surface area contributed by atoms with Crippen molar-refractivity contribution < 1.29 is 44.0 Å². The van der Waals surface area contributed by atoms with Crippen LogP contribution >= 0.6 is 11.8 Å². The number of carbonyl (C=O) groups is 5. The first kappa shape index (κ1) is 35.3. The monoisotopic (exact) mass is 682 g/mol. The molecule has 2 heterocycles. The third-order valence-corrected chi connectivity index (χ3v) is 11.8. The lowest BCUT2D eigenvalue weighted by Crippen LogP contribution is -2.54. The summed E-state index contributed by atoms with van der Waals surface area (Å²) in [6.07, 6.45) is 12.9. The number of carbonyl (C=O) groups excluding carboxylic acids is 3. The SMILES string of the molecule is CCC1([C@@]2(SC[C@H](NC(=O)CC[C@H](N)C(=O)O)C(=O)N[C@@H](O)C(=O)O)C=C[C@@H]3CC(Cc4ccncc4)=C[C@@H]4C(=O)OC2=C43)CCCC1. The molecule has 0 unspecified atom stereocenters. The van der Waals surface area contributed by atoms with E-state index < -0.39 is 52.7 Å². The number of carboxylic acid groups (broad SMARTS) is 2. The lowest BCUT2D eigenvalue weighted by Gasteiger charge is -2.49. The standard InChI is InChI=1S/C34H42N4O9S/c1-2-33(10-3-4-11-33)34(48-18-24(28(40)38-29(41)31(44)45)37-25(39)6-5-23(35)30(42)43)12-7-21-16-20(15-19-8-13-36-14-9-19)17-22-26(21)27(34)47-32(22)46/h7-9,12-14,17,21-24,29,41H,2-6,10-11,15-16,18,35H2,1H3,(H,37,39)(H,38,40)(H,42,43)(H,44,45)/t21-,22+,23+,24+,29+,34-/m1/s1. The molecule has 0 radical (unpaired) electrons. The number of aromatic nitrogens is 1. The van der Waals surface area contributed by atoms with E-state index in [1.54, 1.807) is 12.4 Å². The van der Waals surface area contributed by atoms with Gasteiger partial charge in [-0.25, -0.2) is 4.79 Å². The lowest BCUT2D eigenvalue weighted by atomic mass is 9.64. The second-order valence-corrected chi connectivity index (χ2v) is 14.2. The summed E-state index contributed by atoms with van der Waals surface area (Å²) in [5.74, 6) is -4.96. The van der Waals surface area contributed by atoms with Gasteiger partial charge >= 0.3 is 17.9 Å². The fourth-order valence-electron chi connectivity index (χ4n) is 7.52. The summed E-state index contributed by atoms with van der Waals surface area (Å²) in [7, 11) is 0. The van der Waals surface area contributed by atoms with Gasteiger partial charge in [-0.3, -0.25) is 24.2 Å². The smallest absolute Gasteiger partial charge is 0.353 e. The Labute approximate surface area is 282 Å². The number of nitrogens with two attached hydrogens (primary N) is 1. The van der Waals surface area contributed by atoms with E-state index in [9.17, 15) is 34.2 Å². The molecule has 2 amide bonds. The maximum Gasteiger partial charge on any atom is 0.353 e.